The van der Waals surface area contributed by atoms with Gasteiger partial charge < -0.3 is 5.11 Å². The molecule has 0 unspecified atom stereocenters. The van der Waals surface area contributed by atoms with Gasteiger partial charge in [0.2, 0.25) is 0 Å². The van der Waals surface area contributed by atoms with Crippen molar-refractivity contribution >= 4 is 0 Å². The lowest BCUT2D eigenvalue weighted by Crippen LogP contribution is -2.20. The second kappa shape index (κ2) is 7.64. The number of rotatable bonds is 1. The maximum Gasteiger partial charge on any atom is 0.0802 e. The molecule has 112 valence electrons. The fraction of sp³-hybridized carbons (Fsp3) is 0.579. The summed E-state index contributed by atoms with van der Waals surface area (Å²) in [6, 6.07) is 0. The molecule has 0 radical (unpaired) electrons. The zero-order chi connectivity index (χ0) is 15.2. The fourth-order valence-electron chi connectivity index (χ4n) is 2.36. The van der Waals surface area contributed by atoms with Crippen LogP contribution in [0.1, 0.15) is 60.3 Å². The predicted molar refractivity (Wildman–Crippen MR) is 88.7 cm³/mol. The van der Waals surface area contributed by atoms with Gasteiger partial charge in [-0.3, -0.25) is 0 Å². The molecule has 1 aliphatic rings. The first-order valence-electron chi connectivity index (χ1n) is 7.72. The minimum Gasteiger partial charge on any atom is -0.386 e. The van der Waals surface area contributed by atoms with Crippen molar-refractivity contribution in [1.82, 2.24) is 0 Å². The third-order valence-electron chi connectivity index (χ3n) is 3.87. The van der Waals surface area contributed by atoms with Gasteiger partial charge in [0, 0.05) is 0 Å². The molecule has 0 saturated carbocycles. The summed E-state index contributed by atoms with van der Waals surface area (Å²) >= 11 is 0. The average Bonchev–Trinajstić information content (AvgIpc) is 2.33. The molecule has 0 heterocycles. The first-order valence-corrected chi connectivity index (χ1v) is 7.72. The summed E-state index contributed by atoms with van der Waals surface area (Å²) in [6.45, 7) is 10.7. The van der Waals surface area contributed by atoms with Crippen LogP contribution in [-0.2, 0) is 0 Å². The van der Waals surface area contributed by atoms with Crippen molar-refractivity contribution in [1.29, 1.82) is 0 Å². The Balaban J connectivity index is 3.00. The van der Waals surface area contributed by atoms with Crippen LogP contribution in [0.3, 0.4) is 0 Å². The smallest absolute Gasteiger partial charge is 0.0802 e. The third-order valence-corrected chi connectivity index (χ3v) is 3.87. The molecule has 1 aliphatic carbocycles. The Morgan fingerprint density at radius 3 is 2.50 bits per heavy atom. The Bertz CT molecular complexity index is 431. The first kappa shape index (κ1) is 17.0. The molecular formula is C19H30O. The fourth-order valence-corrected chi connectivity index (χ4v) is 2.36. The number of hydrogen-bond acceptors (Lipinski definition) is 1. The Morgan fingerprint density at radius 1 is 1.15 bits per heavy atom. The van der Waals surface area contributed by atoms with Crippen molar-refractivity contribution in [2.75, 3.05) is 0 Å². The molecule has 1 heteroatoms. The van der Waals surface area contributed by atoms with Crippen LogP contribution in [0.5, 0.6) is 0 Å². The van der Waals surface area contributed by atoms with Gasteiger partial charge in [0.1, 0.15) is 0 Å². The second-order valence-electron chi connectivity index (χ2n) is 6.64. The molecular weight excluding hydrogens is 244 g/mol. The van der Waals surface area contributed by atoms with Crippen molar-refractivity contribution in [3.05, 3.63) is 47.1 Å². The summed E-state index contributed by atoms with van der Waals surface area (Å²) in [4.78, 5) is 0. The van der Waals surface area contributed by atoms with E-state index in [0.29, 0.717) is 5.92 Å². The van der Waals surface area contributed by atoms with Crippen molar-refractivity contribution in [3.63, 3.8) is 0 Å². The summed E-state index contributed by atoms with van der Waals surface area (Å²) < 4.78 is 0. The summed E-state index contributed by atoms with van der Waals surface area (Å²) in [6.07, 6.45) is 14.5. The van der Waals surface area contributed by atoms with Crippen LogP contribution in [0, 0.1) is 5.92 Å². The number of hydrogen-bond donors (Lipinski definition) is 1. The standard InChI is InChI=1S/C19H30O/c1-15(2)18-11-10-16(3)8-6-12-19(5,20)13-7-9-17(4)14-18/h6,9-12,15,20H,7-8,13-14H2,1-5H3/b12-6+,16-10+,17-9+,18-11+/t19-/m0/s1. The quantitative estimate of drug-likeness (QED) is 0.640. The molecule has 0 aliphatic heterocycles. The van der Waals surface area contributed by atoms with Gasteiger partial charge in [-0.2, -0.15) is 0 Å². The molecule has 20 heavy (non-hydrogen) atoms. The monoisotopic (exact) mass is 274 g/mol. The molecule has 0 saturated heterocycles. The molecule has 1 nitrogen and oxygen atoms in total. The Kier molecular flexibility index (Phi) is 6.48. The van der Waals surface area contributed by atoms with Gasteiger partial charge in [0.05, 0.1) is 5.60 Å². The van der Waals surface area contributed by atoms with E-state index >= 15 is 0 Å². The minimum absolute atomic E-state index is 0.575. The van der Waals surface area contributed by atoms with Crippen molar-refractivity contribution in [2.24, 2.45) is 5.92 Å². The largest absolute Gasteiger partial charge is 0.386 e. The Labute approximate surface area is 124 Å². The highest BCUT2D eigenvalue weighted by molar-refractivity contribution is 5.24. The van der Waals surface area contributed by atoms with Crippen LogP contribution >= 0.6 is 0 Å². The first-order chi connectivity index (χ1) is 9.30. The second-order valence-corrected chi connectivity index (χ2v) is 6.64. The molecule has 0 aromatic heterocycles. The van der Waals surface area contributed by atoms with Crippen LogP contribution in [0.4, 0.5) is 0 Å². The van der Waals surface area contributed by atoms with Crippen LogP contribution < -0.4 is 0 Å². The molecule has 0 aromatic carbocycles. The van der Waals surface area contributed by atoms with E-state index in [0.717, 1.165) is 25.7 Å². The van der Waals surface area contributed by atoms with Gasteiger partial charge in [-0.1, -0.05) is 60.9 Å². The topological polar surface area (TPSA) is 20.2 Å². The van der Waals surface area contributed by atoms with Crippen LogP contribution in [0.2, 0.25) is 0 Å². The van der Waals surface area contributed by atoms with E-state index in [9.17, 15) is 5.11 Å². The molecule has 1 N–H and O–H groups in total. The van der Waals surface area contributed by atoms with E-state index in [-0.39, 0.29) is 0 Å². The van der Waals surface area contributed by atoms with Crippen LogP contribution in [0.15, 0.2) is 47.1 Å². The van der Waals surface area contributed by atoms with E-state index in [2.05, 4.69) is 52.0 Å². The zero-order valence-corrected chi connectivity index (χ0v) is 13.7. The predicted octanol–water partition coefficient (Wildman–Crippen LogP) is 5.34. The van der Waals surface area contributed by atoms with Gasteiger partial charge in [-0.05, 0) is 52.4 Å². The normalized spacial score (nSPS) is 35.5. The van der Waals surface area contributed by atoms with E-state index in [1.54, 1.807) is 0 Å². The Morgan fingerprint density at radius 2 is 1.85 bits per heavy atom. The molecule has 0 aromatic rings. The van der Waals surface area contributed by atoms with Crippen LogP contribution in [0.25, 0.3) is 0 Å². The summed E-state index contributed by atoms with van der Waals surface area (Å²) in [5, 5.41) is 10.3. The SMILES string of the molecule is C/C1=C\C=C(\C(C)C)C/C(C)=C/CC[C@@](C)(O)/C=C/C1. The van der Waals surface area contributed by atoms with Crippen molar-refractivity contribution in [3.8, 4) is 0 Å². The molecule has 0 fully saturated rings. The van der Waals surface area contributed by atoms with Crippen molar-refractivity contribution < 1.29 is 5.11 Å². The number of allylic oxidation sites excluding steroid dienone is 7. The summed E-state index contributed by atoms with van der Waals surface area (Å²) in [5.41, 5.74) is 3.51. The summed E-state index contributed by atoms with van der Waals surface area (Å²) in [7, 11) is 0. The van der Waals surface area contributed by atoms with Gasteiger partial charge >= 0.3 is 0 Å². The Hall–Kier alpha value is -1.08. The van der Waals surface area contributed by atoms with Gasteiger partial charge in [-0.15, -0.1) is 0 Å². The highest BCUT2D eigenvalue weighted by atomic mass is 16.3. The van der Waals surface area contributed by atoms with E-state index in [4.69, 9.17) is 0 Å². The lowest BCUT2D eigenvalue weighted by Gasteiger charge is -2.18. The molecule has 0 bridgehead atoms. The maximum absolute atomic E-state index is 10.3. The molecule has 1 rings (SSSR count). The molecule has 0 amide bonds. The van der Waals surface area contributed by atoms with Gasteiger partial charge in [-0.25, -0.2) is 0 Å². The zero-order valence-electron chi connectivity index (χ0n) is 13.7. The number of aliphatic hydroxyl groups is 1. The van der Waals surface area contributed by atoms with E-state index < -0.39 is 5.60 Å². The van der Waals surface area contributed by atoms with Gasteiger partial charge in [0.25, 0.3) is 0 Å². The van der Waals surface area contributed by atoms with E-state index in [1.807, 2.05) is 13.0 Å². The lowest BCUT2D eigenvalue weighted by atomic mass is 9.94. The lowest BCUT2D eigenvalue weighted by molar-refractivity contribution is 0.103. The average molecular weight is 274 g/mol. The highest BCUT2D eigenvalue weighted by Crippen LogP contribution is 2.22. The highest BCUT2D eigenvalue weighted by Gasteiger charge is 2.15. The van der Waals surface area contributed by atoms with E-state index in [1.165, 1.54) is 16.7 Å². The van der Waals surface area contributed by atoms with Crippen molar-refractivity contribution in [2.45, 2.75) is 65.9 Å². The van der Waals surface area contributed by atoms with Crippen LogP contribution in [-0.4, -0.2) is 10.7 Å². The minimum atomic E-state index is -0.695. The van der Waals surface area contributed by atoms with Gasteiger partial charge in [0.15, 0.2) is 0 Å². The molecule has 1 atom stereocenters. The maximum atomic E-state index is 10.3. The molecule has 0 spiro atoms. The summed E-state index contributed by atoms with van der Waals surface area (Å²) in [5.74, 6) is 0.575. The third kappa shape index (κ3) is 6.38.